The SMILES string of the molecule is CC(NCc1cccc(/C(N)=N/O)c1F)c1nncn1C. The summed E-state index contributed by atoms with van der Waals surface area (Å²) < 4.78 is 16.0. The van der Waals surface area contributed by atoms with Gasteiger partial charge in [0.2, 0.25) is 0 Å². The van der Waals surface area contributed by atoms with E-state index >= 15 is 0 Å². The third kappa shape index (κ3) is 3.16. The topological polar surface area (TPSA) is 101 Å². The van der Waals surface area contributed by atoms with Gasteiger partial charge in [-0.1, -0.05) is 17.3 Å². The largest absolute Gasteiger partial charge is 0.409 e. The van der Waals surface area contributed by atoms with Crippen molar-refractivity contribution in [1.29, 1.82) is 0 Å². The molecule has 0 fully saturated rings. The van der Waals surface area contributed by atoms with Gasteiger partial charge in [0.05, 0.1) is 11.6 Å². The van der Waals surface area contributed by atoms with Gasteiger partial charge in [-0.05, 0) is 13.0 Å². The lowest BCUT2D eigenvalue weighted by Gasteiger charge is -2.14. The molecule has 2 rings (SSSR count). The fourth-order valence-electron chi connectivity index (χ4n) is 2.01. The first-order valence-electron chi connectivity index (χ1n) is 6.37. The van der Waals surface area contributed by atoms with Gasteiger partial charge in [0.1, 0.15) is 18.0 Å². The summed E-state index contributed by atoms with van der Waals surface area (Å²) in [5.74, 6) is -0.0100. The summed E-state index contributed by atoms with van der Waals surface area (Å²) in [5, 5.41) is 22.4. The lowest BCUT2D eigenvalue weighted by atomic mass is 10.1. The molecule has 1 atom stereocenters. The highest BCUT2D eigenvalue weighted by Gasteiger charge is 2.14. The van der Waals surface area contributed by atoms with Gasteiger partial charge >= 0.3 is 0 Å². The fourth-order valence-corrected chi connectivity index (χ4v) is 2.01. The second kappa shape index (κ2) is 6.31. The van der Waals surface area contributed by atoms with Crippen LogP contribution >= 0.6 is 0 Å². The minimum absolute atomic E-state index is 0.0723. The summed E-state index contributed by atoms with van der Waals surface area (Å²) in [5.41, 5.74) is 5.93. The number of nitrogens with one attached hydrogen (secondary N) is 1. The molecule has 21 heavy (non-hydrogen) atoms. The Bertz CT molecular complexity index is 654. The van der Waals surface area contributed by atoms with Gasteiger partial charge < -0.3 is 20.8 Å². The second-order valence-electron chi connectivity index (χ2n) is 4.67. The number of aryl methyl sites for hydroxylation is 1. The second-order valence-corrected chi connectivity index (χ2v) is 4.67. The molecule has 1 aromatic carbocycles. The lowest BCUT2D eigenvalue weighted by molar-refractivity contribution is 0.318. The average Bonchev–Trinajstić information content (AvgIpc) is 2.91. The maximum atomic E-state index is 14.2. The minimum atomic E-state index is -0.509. The molecule has 0 bridgehead atoms. The van der Waals surface area contributed by atoms with E-state index in [1.807, 2.05) is 14.0 Å². The molecule has 1 unspecified atom stereocenters. The van der Waals surface area contributed by atoms with Crippen LogP contribution in [0, 0.1) is 5.82 Å². The van der Waals surface area contributed by atoms with E-state index in [1.54, 1.807) is 23.0 Å². The van der Waals surface area contributed by atoms with Crippen molar-refractivity contribution in [2.75, 3.05) is 0 Å². The van der Waals surface area contributed by atoms with E-state index in [0.717, 1.165) is 5.82 Å². The number of hydrogen-bond acceptors (Lipinski definition) is 5. The molecular formula is C13H17FN6O. The third-order valence-corrected chi connectivity index (χ3v) is 3.19. The summed E-state index contributed by atoms with van der Waals surface area (Å²) in [6.07, 6.45) is 1.60. The van der Waals surface area contributed by atoms with E-state index in [9.17, 15) is 4.39 Å². The van der Waals surface area contributed by atoms with Crippen LogP contribution in [0.2, 0.25) is 0 Å². The lowest BCUT2D eigenvalue weighted by Crippen LogP contribution is -2.23. The van der Waals surface area contributed by atoms with E-state index in [1.165, 1.54) is 6.07 Å². The Morgan fingerprint density at radius 3 is 2.95 bits per heavy atom. The van der Waals surface area contributed by atoms with Crippen molar-refractivity contribution in [1.82, 2.24) is 20.1 Å². The van der Waals surface area contributed by atoms with Gasteiger partial charge in [0.25, 0.3) is 0 Å². The van der Waals surface area contributed by atoms with Gasteiger partial charge in [-0.25, -0.2) is 4.39 Å². The molecule has 1 heterocycles. The van der Waals surface area contributed by atoms with E-state index in [2.05, 4.69) is 20.7 Å². The van der Waals surface area contributed by atoms with Crippen molar-refractivity contribution in [3.8, 4) is 0 Å². The Kier molecular flexibility index (Phi) is 4.49. The first-order valence-corrected chi connectivity index (χ1v) is 6.37. The minimum Gasteiger partial charge on any atom is -0.409 e. The highest BCUT2D eigenvalue weighted by Crippen LogP contribution is 2.15. The van der Waals surface area contributed by atoms with E-state index in [4.69, 9.17) is 10.9 Å². The van der Waals surface area contributed by atoms with Gasteiger partial charge in [-0.3, -0.25) is 0 Å². The Labute approximate surface area is 121 Å². The molecule has 7 nitrogen and oxygen atoms in total. The molecular weight excluding hydrogens is 275 g/mol. The molecule has 0 amide bonds. The number of benzene rings is 1. The smallest absolute Gasteiger partial charge is 0.173 e. The van der Waals surface area contributed by atoms with Crippen molar-refractivity contribution < 1.29 is 9.60 Å². The van der Waals surface area contributed by atoms with E-state index in [0.29, 0.717) is 5.56 Å². The molecule has 0 aliphatic rings. The molecule has 112 valence electrons. The standard InChI is InChI=1S/C13H17FN6O/c1-8(13-18-17-7-20(13)2)16-6-9-4-3-5-10(11(9)14)12(15)19-21/h3-5,7-8,16,21H,6H2,1-2H3,(H2,15,19). The normalized spacial score (nSPS) is 13.4. The molecule has 8 heteroatoms. The quantitative estimate of drug-likeness (QED) is 0.329. The molecule has 0 spiro atoms. The van der Waals surface area contributed by atoms with Crippen LogP contribution in [0.3, 0.4) is 0 Å². The van der Waals surface area contributed by atoms with Crippen molar-refractivity contribution >= 4 is 5.84 Å². The van der Waals surface area contributed by atoms with Crippen LogP contribution in [0.1, 0.15) is 29.9 Å². The van der Waals surface area contributed by atoms with Gasteiger partial charge in [-0.2, -0.15) is 0 Å². The third-order valence-electron chi connectivity index (χ3n) is 3.19. The number of nitrogens with zero attached hydrogens (tertiary/aromatic N) is 4. The number of hydrogen-bond donors (Lipinski definition) is 3. The zero-order valence-corrected chi connectivity index (χ0v) is 11.8. The number of halogens is 1. The number of aromatic nitrogens is 3. The van der Waals surface area contributed by atoms with Crippen LogP contribution in [-0.4, -0.2) is 25.8 Å². The monoisotopic (exact) mass is 292 g/mol. The van der Waals surface area contributed by atoms with Crippen molar-refractivity contribution in [3.05, 3.63) is 47.3 Å². The van der Waals surface area contributed by atoms with Crippen LogP contribution in [0.4, 0.5) is 4.39 Å². The molecule has 0 saturated carbocycles. The van der Waals surface area contributed by atoms with Gasteiger partial charge in [0, 0.05) is 19.2 Å². The molecule has 0 aliphatic heterocycles. The average molecular weight is 292 g/mol. The molecule has 0 aliphatic carbocycles. The maximum Gasteiger partial charge on any atom is 0.173 e. The predicted octanol–water partition coefficient (Wildman–Crippen LogP) is 0.899. The molecule has 0 radical (unpaired) electrons. The van der Waals surface area contributed by atoms with E-state index < -0.39 is 5.82 Å². The summed E-state index contributed by atoms with van der Waals surface area (Å²) in [6, 6.07) is 4.66. The summed E-state index contributed by atoms with van der Waals surface area (Å²) in [7, 11) is 1.84. The van der Waals surface area contributed by atoms with Gasteiger partial charge in [0.15, 0.2) is 5.84 Å². The first kappa shape index (κ1) is 14.9. The van der Waals surface area contributed by atoms with Crippen LogP contribution in [0.5, 0.6) is 0 Å². The van der Waals surface area contributed by atoms with Crippen LogP contribution < -0.4 is 11.1 Å². The summed E-state index contributed by atoms with van der Waals surface area (Å²) >= 11 is 0. The molecule has 0 saturated heterocycles. The van der Waals surface area contributed by atoms with Crippen LogP contribution in [0.25, 0.3) is 0 Å². The Hall–Kier alpha value is -2.48. The van der Waals surface area contributed by atoms with E-state index in [-0.39, 0.29) is 24.0 Å². The van der Waals surface area contributed by atoms with Crippen molar-refractivity contribution in [2.24, 2.45) is 17.9 Å². The molecule has 4 N–H and O–H groups in total. The first-order chi connectivity index (χ1) is 10.0. The van der Waals surface area contributed by atoms with Crippen molar-refractivity contribution in [2.45, 2.75) is 19.5 Å². The zero-order valence-electron chi connectivity index (χ0n) is 11.8. The Morgan fingerprint density at radius 2 is 2.33 bits per heavy atom. The zero-order chi connectivity index (χ0) is 15.4. The highest BCUT2D eigenvalue weighted by atomic mass is 19.1. The number of amidine groups is 1. The molecule has 1 aromatic heterocycles. The number of nitrogens with two attached hydrogens (primary N) is 1. The molecule has 2 aromatic rings. The fraction of sp³-hybridized carbons (Fsp3) is 0.308. The number of rotatable bonds is 5. The van der Waals surface area contributed by atoms with Crippen LogP contribution in [0.15, 0.2) is 29.7 Å². The summed E-state index contributed by atoms with van der Waals surface area (Å²) in [4.78, 5) is 0. The predicted molar refractivity (Wildman–Crippen MR) is 75.2 cm³/mol. The maximum absolute atomic E-state index is 14.2. The summed E-state index contributed by atoms with van der Waals surface area (Å²) in [6.45, 7) is 2.20. The van der Waals surface area contributed by atoms with Crippen molar-refractivity contribution in [3.63, 3.8) is 0 Å². The van der Waals surface area contributed by atoms with Gasteiger partial charge in [-0.15, -0.1) is 10.2 Å². The number of oxime groups is 1. The van der Waals surface area contributed by atoms with Crippen LogP contribution in [-0.2, 0) is 13.6 Å². The highest BCUT2D eigenvalue weighted by molar-refractivity contribution is 5.97. The Balaban J connectivity index is 2.12. The Morgan fingerprint density at radius 1 is 1.57 bits per heavy atom.